The van der Waals surface area contributed by atoms with E-state index in [1.54, 1.807) is 31.5 Å². The smallest absolute Gasteiger partial charge is 0.423 e. The van der Waals surface area contributed by atoms with E-state index in [2.05, 4.69) is 14.5 Å². The SMILES string of the molecule is CC(C)CN(/N=C/c1ccc2[nH]c(=O)n(C)c2c1)C1=NS(=O)(=O)c2cc(B(O)O)ccc21. The highest BCUT2D eigenvalue weighted by molar-refractivity contribution is 7.90. The fraction of sp³-hybridized carbons (Fsp3) is 0.250. The van der Waals surface area contributed by atoms with E-state index < -0.39 is 17.1 Å². The van der Waals surface area contributed by atoms with Crippen molar-refractivity contribution in [1.82, 2.24) is 14.6 Å². The van der Waals surface area contributed by atoms with Crippen molar-refractivity contribution in [3.63, 3.8) is 0 Å². The molecule has 2 aromatic carbocycles. The summed E-state index contributed by atoms with van der Waals surface area (Å²) >= 11 is 0. The minimum absolute atomic E-state index is 0.0631. The quantitative estimate of drug-likeness (QED) is 0.281. The van der Waals surface area contributed by atoms with Gasteiger partial charge in [-0.25, -0.2) is 9.80 Å². The van der Waals surface area contributed by atoms with E-state index >= 15 is 0 Å². The molecule has 0 atom stereocenters. The van der Waals surface area contributed by atoms with Crippen molar-refractivity contribution in [2.24, 2.45) is 22.5 Å². The number of fused-ring (bicyclic) bond motifs is 2. The number of benzene rings is 2. The first-order chi connectivity index (χ1) is 15.1. The van der Waals surface area contributed by atoms with Gasteiger partial charge in [0.25, 0.3) is 10.0 Å². The first kappa shape index (κ1) is 22.0. The Bertz CT molecular complexity index is 1420. The van der Waals surface area contributed by atoms with Crippen molar-refractivity contribution in [1.29, 1.82) is 0 Å². The second kappa shape index (κ2) is 8.04. The summed E-state index contributed by atoms with van der Waals surface area (Å²) in [4.78, 5) is 14.5. The van der Waals surface area contributed by atoms with Crippen molar-refractivity contribution >= 4 is 45.7 Å². The van der Waals surface area contributed by atoms with E-state index in [-0.39, 0.29) is 27.8 Å². The monoisotopic (exact) mass is 455 g/mol. The maximum atomic E-state index is 12.6. The number of hydrazone groups is 1. The number of amidine groups is 1. The maximum Gasteiger partial charge on any atom is 0.488 e. The highest BCUT2D eigenvalue weighted by Gasteiger charge is 2.33. The summed E-state index contributed by atoms with van der Waals surface area (Å²) < 4.78 is 30.7. The van der Waals surface area contributed by atoms with E-state index in [9.17, 15) is 23.3 Å². The first-order valence-corrected chi connectivity index (χ1v) is 11.4. The van der Waals surface area contributed by atoms with Gasteiger partial charge in [0.15, 0.2) is 5.84 Å². The Morgan fingerprint density at radius 3 is 2.69 bits per heavy atom. The van der Waals surface area contributed by atoms with Crippen LogP contribution in [-0.4, -0.2) is 58.7 Å². The van der Waals surface area contributed by atoms with Gasteiger partial charge in [-0.3, -0.25) is 4.57 Å². The molecule has 0 spiro atoms. The molecule has 0 radical (unpaired) electrons. The molecule has 0 unspecified atom stereocenters. The summed E-state index contributed by atoms with van der Waals surface area (Å²) in [5.41, 5.74) is 2.33. The third kappa shape index (κ3) is 3.99. The lowest BCUT2D eigenvalue weighted by molar-refractivity contribution is 0.386. The zero-order valence-corrected chi connectivity index (χ0v) is 18.5. The first-order valence-electron chi connectivity index (χ1n) is 9.92. The maximum absolute atomic E-state index is 12.6. The van der Waals surface area contributed by atoms with Crippen molar-refractivity contribution in [3.8, 4) is 0 Å². The molecule has 1 aromatic heterocycles. The number of aromatic nitrogens is 2. The molecule has 0 aliphatic carbocycles. The van der Waals surface area contributed by atoms with Crippen molar-refractivity contribution in [2.45, 2.75) is 18.7 Å². The fourth-order valence-electron chi connectivity index (χ4n) is 3.49. The molecule has 166 valence electrons. The molecule has 0 fully saturated rings. The number of aryl methyl sites for hydroxylation is 1. The molecule has 3 aromatic rings. The summed E-state index contributed by atoms with van der Waals surface area (Å²) in [6.45, 7) is 4.35. The van der Waals surface area contributed by atoms with Crippen LogP contribution in [0.25, 0.3) is 11.0 Å². The molecule has 3 N–H and O–H groups in total. The van der Waals surface area contributed by atoms with Crippen molar-refractivity contribution in [3.05, 3.63) is 58.0 Å². The van der Waals surface area contributed by atoms with E-state index in [4.69, 9.17) is 0 Å². The number of nitrogens with one attached hydrogen (secondary N) is 1. The molecular weight excluding hydrogens is 433 g/mol. The number of H-pyrrole nitrogens is 1. The summed E-state index contributed by atoms with van der Waals surface area (Å²) in [6.07, 6.45) is 1.58. The van der Waals surface area contributed by atoms with Crippen molar-refractivity contribution in [2.75, 3.05) is 6.54 Å². The van der Waals surface area contributed by atoms with Crippen LogP contribution in [-0.2, 0) is 17.1 Å². The molecule has 4 rings (SSSR count). The van der Waals surface area contributed by atoms with Crippen LogP contribution >= 0.6 is 0 Å². The fourth-order valence-corrected chi connectivity index (χ4v) is 4.73. The number of hydrogen-bond donors (Lipinski definition) is 3. The number of imidazole rings is 1. The Hall–Kier alpha value is -3.22. The molecule has 1 aliphatic heterocycles. The number of sulfonamides is 1. The number of aromatic amines is 1. The third-order valence-electron chi connectivity index (χ3n) is 5.09. The van der Waals surface area contributed by atoms with Crippen molar-refractivity contribution < 1.29 is 18.5 Å². The van der Waals surface area contributed by atoms with Gasteiger partial charge < -0.3 is 15.0 Å². The molecule has 0 amide bonds. The topological polar surface area (TPSA) is 140 Å². The van der Waals surface area contributed by atoms with Gasteiger partial charge in [0, 0.05) is 19.2 Å². The Morgan fingerprint density at radius 2 is 2.00 bits per heavy atom. The van der Waals surface area contributed by atoms with Gasteiger partial charge in [-0.05, 0) is 35.1 Å². The number of nitrogens with zero attached hydrogens (tertiary/aromatic N) is 4. The molecule has 1 aliphatic rings. The molecular formula is C20H22BN5O5S. The molecule has 0 saturated heterocycles. The van der Waals surface area contributed by atoms with E-state index in [1.807, 2.05) is 13.8 Å². The second-order valence-electron chi connectivity index (χ2n) is 8.01. The highest BCUT2D eigenvalue weighted by Crippen LogP contribution is 2.27. The minimum atomic E-state index is -4.00. The minimum Gasteiger partial charge on any atom is -0.423 e. The molecule has 2 heterocycles. The normalized spacial score (nSPS) is 14.9. The predicted octanol–water partition coefficient (Wildman–Crippen LogP) is -0.0126. The van der Waals surface area contributed by atoms with Gasteiger partial charge in [-0.15, -0.1) is 4.40 Å². The molecule has 0 saturated carbocycles. The van der Waals surface area contributed by atoms with Gasteiger partial charge in [0.2, 0.25) is 0 Å². The van der Waals surface area contributed by atoms with Crippen LogP contribution in [0, 0.1) is 5.92 Å². The average Bonchev–Trinajstić information content (AvgIpc) is 3.17. The van der Waals surface area contributed by atoms with Crippen LogP contribution in [0.3, 0.4) is 0 Å². The lowest BCUT2D eigenvalue weighted by Gasteiger charge is -2.21. The number of hydrogen-bond acceptors (Lipinski definition) is 7. The summed E-state index contributed by atoms with van der Waals surface area (Å²) in [6, 6.07) is 9.53. The Labute approximate surface area is 184 Å². The van der Waals surface area contributed by atoms with E-state index in [1.165, 1.54) is 27.8 Å². The van der Waals surface area contributed by atoms with Gasteiger partial charge in [-0.1, -0.05) is 32.0 Å². The van der Waals surface area contributed by atoms with Crippen LogP contribution in [0.1, 0.15) is 25.0 Å². The Kier molecular flexibility index (Phi) is 5.53. The van der Waals surface area contributed by atoms with Crippen LogP contribution in [0.4, 0.5) is 0 Å². The Morgan fingerprint density at radius 1 is 1.25 bits per heavy atom. The van der Waals surface area contributed by atoms with Gasteiger partial charge in [0.1, 0.15) is 4.90 Å². The van der Waals surface area contributed by atoms with Crippen LogP contribution in [0.5, 0.6) is 0 Å². The Balaban J connectivity index is 1.74. The van der Waals surface area contributed by atoms with Crippen LogP contribution in [0.2, 0.25) is 0 Å². The average molecular weight is 455 g/mol. The number of rotatable bonds is 5. The second-order valence-corrected chi connectivity index (χ2v) is 9.58. The summed E-state index contributed by atoms with van der Waals surface area (Å²) in [7, 11) is -4.12. The predicted molar refractivity (Wildman–Crippen MR) is 123 cm³/mol. The highest BCUT2D eigenvalue weighted by atomic mass is 32.2. The zero-order valence-electron chi connectivity index (χ0n) is 17.7. The molecule has 12 heteroatoms. The van der Waals surface area contributed by atoms with Gasteiger partial charge in [0.05, 0.1) is 17.2 Å². The molecule has 32 heavy (non-hydrogen) atoms. The molecule has 10 nitrogen and oxygen atoms in total. The standard InChI is InChI=1S/C20H22BN5O5S/c1-12(2)11-26(22-10-13-4-7-16-17(8-13)25(3)20(27)23-16)19-15-6-5-14(21(28)29)9-18(15)32(30,31)24-19/h4-10,12,28-29H,11H2,1-3H3,(H,23,27)/b22-10+. The largest absolute Gasteiger partial charge is 0.488 e. The van der Waals surface area contributed by atoms with Gasteiger partial charge >= 0.3 is 12.8 Å². The summed E-state index contributed by atoms with van der Waals surface area (Å²) in [5.74, 6) is 0.312. The van der Waals surface area contributed by atoms with Crippen LogP contribution < -0.4 is 11.2 Å². The third-order valence-corrected chi connectivity index (χ3v) is 6.39. The summed E-state index contributed by atoms with van der Waals surface area (Å²) in [5, 5.41) is 24.8. The van der Waals surface area contributed by atoms with Gasteiger partial charge in [-0.2, -0.15) is 13.5 Å². The lowest BCUT2D eigenvalue weighted by atomic mass is 9.80. The zero-order chi connectivity index (χ0) is 23.2. The van der Waals surface area contributed by atoms with E-state index in [0.717, 1.165) is 11.1 Å². The van der Waals surface area contributed by atoms with Crippen LogP contribution in [0.15, 0.2) is 55.6 Å². The lowest BCUT2D eigenvalue weighted by Crippen LogP contribution is -2.32. The molecule has 0 bridgehead atoms. The van der Waals surface area contributed by atoms with E-state index in [0.29, 0.717) is 17.6 Å².